The number of phenols is 1. The number of ether oxygens (including phenoxy) is 1. The zero-order chi connectivity index (χ0) is 16.8. The second-order valence-corrected chi connectivity index (χ2v) is 5.44. The number of methoxy groups -OCH3 is 1. The van der Waals surface area contributed by atoms with Gasteiger partial charge in [0, 0.05) is 32.0 Å². The number of nitrogens with zero attached hydrogens (tertiary/aromatic N) is 3. The van der Waals surface area contributed by atoms with Crippen molar-refractivity contribution in [2.75, 3.05) is 14.2 Å². The first kappa shape index (κ1) is 16.7. The van der Waals surface area contributed by atoms with Crippen molar-refractivity contribution in [3.63, 3.8) is 0 Å². The maximum absolute atomic E-state index is 12.2. The Kier molecular flexibility index (Phi) is 5.46. The van der Waals surface area contributed by atoms with Gasteiger partial charge in [0.1, 0.15) is 0 Å². The molecule has 23 heavy (non-hydrogen) atoms. The summed E-state index contributed by atoms with van der Waals surface area (Å²) in [5, 5.41) is 16.6. The summed E-state index contributed by atoms with van der Waals surface area (Å²) in [5.74, 6) is 0.472. The first-order valence-corrected chi connectivity index (χ1v) is 7.34. The summed E-state index contributed by atoms with van der Waals surface area (Å²) in [4.78, 5) is 13.8. The quantitative estimate of drug-likeness (QED) is 0.851. The molecule has 0 saturated carbocycles. The van der Waals surface area contributed by atoms with Crippen molar-refractivity contribution < 1.29 is 14.6 Å². The lowest BCUT2D eigenvalue weighted by atomic mass is 10.2. The van der Waals surface area contributed by atoms with E-state index in [-0.39, 0.29) is 17.8 Å². The van der Waals surface area contributed by atoms with Gasteiger partial charge in [-0.15, -0.1) is 0 Å². The molecule has 1 aromatic carbocycles. The van der Waals surface area contributed by atoms with Gasteiger partial charge in [-0.3, -0.25) is 4.68 Å². The molecular formula is C16H22N4O3. The Hall–Kier alpha value is -2.70. The van der Waals surface area contributed by atoms with E-state index in [1.165, 1.54) is 7.11 Å². The lowest BCUT2D eigenvalue weighted by Crippen LogP contribution is -2.43. The Morgan fingerprint density at radius 3 is 2.96 bits per heavy atom. The van der Waals surface area contributed by atoms with Crippen LogP contribution in [0.4, 0.5) is 4.79 Å². The van der Waals surface area contributed by atoms with Crippen LogP contribution in [0.25, 0.3) is 0 Å². The normalized spacial score (nSPS) is 11.8. The molecule has 0 aliphatic heterocycles. The third-order valence-electron chi connectivity index (χ3n) is 3.40. The van der Waals surface area contributed by atoms with Crippen LogP contribution in [0.2, 0.25) is 0 Å². The fraction of sp³-hybridized carbons (Fsp3) is 0.375. The van der Waals surface area contributed by atoms with Crippen molar-refractivity contribution in [3.05, 3.63) is 42.2 Å². The summed E-state index contributed by atoms with van der Waals surface area (Å²) in [6, 6.07) is 6.66. The number of rotatable bonds is 6. The van der Waals surface area contributed by atoms with Gasteiger partial charge < -0.3 is 20.1 Å². The standard InChI is InChI=1S/C16H22N4O3/c1-12(10-20-8-4-7-17-20)18-16(22)19(2)11-13-5-6-14(21)15(9-13)23-3/h4-9,12,21H,10-11H2,1-3H3,(H,18,22)/t12-/m1/s1. The molecule has 2 rings (SSSR count). The van der Waals surface area contributed by atoms with Crippen molar-refractivity contribution in [3.8, 4) is 11.5 Å². The summed E-state index contributed by atoms with van der Waals surface area (Å²) in [6.45, 7) is 2.95. The molecule has 1 heterocycles. The first-order chi connectivity index (χ1) is 11.0. The van der Waals surface area contributed by atoms with Crippen molar-refractivity contribution in [2.24, 2.45) is 0 Å². The zero-order valence-corrected chi connectivity index (χ0v) is 13.6. The number of phenolic OH excluding ortho intramolecular Hbond substituents is 1. The minimum absolute atomic E-state index is 0.0424. The molecule has 0 unspecified atom stereocenters. The number of amides is 2. The summed E-state index contributed by atoms with van der Waals surface area (Å²) >= 11 is 0. The molecule has 2 N–H and O–H groups in total. The Morgan fingerprint density at radius 1 is 1.52 bits per heavy atom. The smallest absolute Gasteiger partial charge is 0.317 e. The third-order valence-corrected chi connectivity index (χ3v) is 3.40. The number of carbonyl (C=O) groups is 1. The van der Waals surface area contributed by atoms with Crippen molar-refractivity contribution in [2.45, 2.75) is 26.1 Å². The average molecular weight is 318 g/mol. The topological polar surface area (TPSA) is 79.6 Å². The van der Waals surface area contributed by atoms with Gasteiger partial charge in [-0.25, -0.2) is 4.79 Å². The second-order valence-electron chi connectivity index (χ2n) is 5.44. The minimum atomic E-state index is -0.170. The Morgan fingerprint density at radius 2 is 2.30 bits per heavy atom. The Labute approximate surface area is 135 Å². The molecule has 0 radical (unpaired) electrons. The largest absolute Gasteiger partial charge is 0.504 e. The lowest BCUT2D eigenvalue weighted by Gasteiger charge is -2.21. The van der Waals surface area contributed by atoms with Crippen LogP contribution in [-0.4, -0.2) is 46.0 Å². The van der Waals surface area contributed by atoms with Crippen LogP contribution in [0.3, 0.4) is 0 Å². The average Bonchev–Trinajstić information content (AvgIpc) is 3.01. The van der Waals surface area contributed by atoms with Gasteiger partial charge in [0.15, 0.2) is 11.5 Å². The molecule has 2 aromatic rings. The molecule has 0 fully saturated rings. The van der Waals surface area contributed by atoms with Crippen LogP contribution < -0.4 is 10.1 Å². The number of urea groups is 1. The van der Waals surface area contributed by atoms with Crippen LogP contribution in [-0.2, 0) is 13.1 Å². The highest BCUT2D eigenvalue weighted by atomic mass is 16.5. The monoisotopic (exact) mass is 318 g/mol. The van der Waals surface area contributed by atoms with Crippen LogP contribution in [0.1, 0.15) is 12.5 Å². The number of aromatic nitrogens is 2. The highest BCUT2D eigenvalue weighted by Gasteiger charge is 2.13. The molecular weight excluding hydrogens is 296 g/mol. The molecule has 0 aliphatic rings. The molecule has 124 valence electrons. The van der Waals surface area contributed by atoms with Crippen molar-refractivity contribution in [1.82, 2.24) is 20.0 Å². The fourth-order valence-corrected chi connectivity index (χ4v) is 2.22. The van der Waals surface area contributed by atoms with Crippen molar-refractivity contribution in [1.29, 1.82) is 0 Å². The van der Waals surface area contributed by atoms with E-state index in [0.29, 0.717) is 18.8 Å². The van der Waals surface area contributed by atoms with E-state index in [4.69, 9.17) is 4.74 Å². The maximum atomic E-state index is 12.2. The van der Waals surface area contributed by atoms with E-state index in [2.05, 4.69) is 10.4 Å². The van der Waals surface area contributed by atoms with Gasteiger partial charge in [0.2, 0.25) is 0 Å². The summed E-state index contributed by atoms with van der Waals surface area (Å²) in [6.07, 6.45) is 3.56. The summed E-state index contributed by atoms with van der Waals surface area (Å²) < 4.78 is 6.85. The lowest BCUT2D eigenvalue weighted by molar-refractivity contribution is 0.202. The molecule has 1 aromatic heterocycles. The van der Waals surface area contributed by atoms with Crippen LogP contribution in [0, 0.1) is 0 Å². The second kappa shape index (κ2) is 7.53. The fourth-order valence-electron chi connectivity index (χ4n) is 2.22. The predicted octanol–water partition coefficient (Wildman–Crippen LogP) is 1.83. The number of carbonyl (C=O) groups excluding carboxylic acids is 1. The van der Waals surface area contributed by atoms with Gasteiger partial charge in [-0.05, 0) is 30.7 Å². The van der Waals surface area contributed by atoms with Gasteiger partial charge >= 0.3 is 6.03 Å². The number of hydrogen-bond donors (Lipinski definition) is 2. The number of nitrogens with one attached hydrogen (secondary N) is 1. The molecule has 0 bridgehead atoms. The number of aromatic hydroxyl groups is 1. The van der Waals surface area contributed by atoms with E-state index >= 15 is 0 Å². The molecule has 2 amide bonds. The maximum Gasteiger partial charge on any atom is 0.317 e. The molecule has 0 saturated heterocycles. The van der Waals surface area contributed by atoms with Gasteiger partial charge in [-0.1, -0.05) is 6.07 Å². The van der Waals surface area contributed by atoms with Crippen molar-refractivity contribution >= 4 is 6.03 Å². The predicted molar refractivity (Wildman–Crippen MR) is 86.3 cm³/mol. The number of hydrogen-bond acceptors (Lipinski definition) is 4. The summed E-state index contributed by atoms with van der Waals surface area (Å²) in [7, 11) is 3.21. The van der Waals surface area contributed by atoms with E-state index in [1.807, 2.05) is 19.2 Å². The molecule has 1 atom stereocenters. The Balaban J connectivity index is 1.89. The molecule has 0 spiro atoms. The van der Waals surface area contributed by atoms with Gasteiger partial charge in [0.05, 0.1) is 13.7 Å². The molecule has 7 heteroatoms. The van der Waals surface area contributed by atoms with E-state index < -0.39 is 0 Å². The third kappa shape index (κ3) is 4.64. The van der Waals surface area contributed by atoms with Crippen LogP contribution >= 0.6 is 0 Å². The molecule has 7 nitrogen and oxygen atoms in total. The highest BCUT2D eigenvalue weighted by Crippen LogP contribution is 2.26. The summed E-state index contributed by atoms with van der Waals surface area (Å²) in [5.41, 5.74) is 0.872. The van der Waals surface area contributed by atoms with Crippen LogP contribution in [0.15, 0.2) is 36.7 Å². The van der Waals surface area contributed by atoms with E-state index in [1.54, 1.807) is 41.0 Å². The van der Waals surface area contributed by atoms with Gasteiger partial charge in [-0.2, -0.15) is 5.10 Å². The minimum Gasteiger partial charge on any atom is -0.504 e. The highest BCUT2D eigenvalue weighted by molar-refractivity contribution is 5.74. The first-order valence-electron chi connectivity index (χ1n) is 7.34. The van der Waals surface area contributed by atoms with E-state index in [0.717, 1.165) is 5.56 Å². The zero-order valence-electron chi connectivity index (χ0n) is 13.6. The Bertz CT molecular complexity index is 643. The number of benzene rings is 1. The van der Waals surface area contributed by atoms with Crippen LogP contribution in [0.5, 0.6) is 11.5 Å². The SMILES string of the molecule is COc1cc(CN(C)C(=O)N[C@H](C)Cn2cccn2)ccc1O. The van der Waals surface area contributed by atoms with E-state index in [9.17, 15) is 9.90 Å². The molecule has 0 aliphatic carbocycles. The van der Waals surface area contributed by atoms with Gasteiger partial charge in [0.25, 0.3) is 0 Å².